The molecule has 0 fully saturated rings. The minimum atomic E-state index is -3.92. The van der Waals surface area contributed by atoms with Crippen LogP contribution in [0.1, 0.15) is 0 Å². The molecule has 0 aliphatic carbocycles. The molecule has 1 amide bonds. The van der Waals surface area contributed by atoms with E-state index in [0.717, 1.165) is 4.31 Å². The van der Waals surface area contributed by atoms with Crippen LogP contribution >= 0.6 is 11.6 Å². The molecule has 2 aromatic rings. The fourth-order valence-electron chi connectivity index (χ4n) is 2.01. The number of hydrogen-bond acceptors (Lipinski definition) is 4. The fourth-order valence-corrected chi connectivity index (χ4v) is 3.55. The van der Waals surface area contributed by atoms with Gasteiger partial charge in [0, 0.05) is 12.1 Å². The minimum absolute atomic E-state index is 0.0575. The van der Waals surface area contributed by atoms with E-state index in [9.17, 15) is 13.2 Å². The number of sulfonamides is 1. The largest absolute Gasteiger partial charge is 0.497 e. The molecule has 0 bridgehead atoms. The number of nitrogens with one attached hydrogen (secondary N) is 1. The van der Waals surface area contributed by atoms with Gasteiger partial charge in [-0.1, -0.05) is 11.6 Å². The number of ether oxygens (including phenoxy) is 1. The molecule has 0 aromatic heterocycles. The van der Waals surface area contributed by atoms with Crippen molar-refractivity contribution in [1.82, 2.24) is 5.32 Å². The molecule has 2 rings (SSSR count). The number of methoxy groups -OCH3 is 1. The first-order valence-corrected chi connectivity index (χ1v) is 8.83. The summed E-state index contributed by atoms with van der Waals surface area (Å²) in [7, 11) is -0.981. The second-order valence-corrected chi connectivity index (χ2v) is 7.14. The van der Waals surface area contributed by atoms with Gasteiger partial charge in [-0.3, -0.25) is 9.10 Å². The first kappa shape index (κ1) is 18.1. The zero-order valence-electron chi connectivity index (χ0n) is 13.2. The summed E-state index contributed by atoms with van der Waals surface area (Å²) in [6, 6.07) is 12.2. The van der Waals surface area contributed by atoms with Gasteiger partial charge < -0.3 is 10.1 Å². The molecule has 2 aromatic carbocycles. The first-order valence-electron chi connectivity index (χ1n) is 7.01. The summed E-state index contributed by atoms with van der Waals surface area (Å²) < 4.78 is 31.9. The first-order chi connectivity index (χ1) is 11.4. The van der Waals surface area contributed by atoms with Crippen LogP contribution < -0.4 is 14.4 Å². The van der Waals surface area contributed by atoms with Crippen molar-refractivity contribution in [1.29, 1.82) is 0 Å². The number of carbonyl (C=O) groups excluding carboxylic acids is 1. The van der Waals surface area contributed by atoms with Gasteiger partial charge in [-0.25, -0.2) is 8.42 Å². The van der Waals surface area contributed by atoms with E-state index < -0.39 is 15.9 Å². The van der Waals surface area contributed by atoms with E-state index in [1.54, 1.807) is 36.4 Å². The average molecular weight is 369 g/mol. The Morgan fingerprint density at radius 1 is 1.12 bits per heavy atom. The van der Waals surface area contributed by atoms with Crippen molar-refractivity contribution >= 4 is 33.2 Å². The van der Waals surface area contributed by atoms with Gasteiger partial charge in [-0.2, -0.15) is 0 Å². The summed E-state index contributed by atoms with van der Waals surface area (Å²) in [6.45, 7) is -0.341. The molecule has 0 unspecified atom stereocenters. The Morgan fingerprint density at radius 3 is 2.21 bits per heavy atom. The number of hydrogen-bond donors (Lipinski definition) is 1. The summed E-state index contributed by atoms with van der Waals surface area (Å²) in [4.78, 5) is 11.8. The predicted octanol–water partition coefficient (Wildman–Crippen LogP) is 2.29. The molecule has 0 radical (unpaired) electrons. The minimum Gasteiger partial charge on any atom is -0.497 e. The van der Waals surface area contributed by atoms with Crippen molar-refractivity contribution in [3.8, 4) is 5.75 Å². The Bertz CT molecular complexity index is 805. The van der Waals surface area contributed by atoms with Gasteiger partial charge in [-0.15, -0.1) is 0 Å². The molecule has 24 heavy (non-hydrogen) atoms. The predicted molar refractivity (Wildman–Crippen MR) is 93.0 cm³/mol. The maximum Gasteiger partial charge on any atom is 0.264 e. The molecule has 0 saturated heterocycles. The van der Waals surface area contributed by atoms with Crippen molar-refractivity contribution < 1.29 is 17.9 Å². The molecular formula is C16H17ClN2O4S. The van der Waals surface area contributed by atoms with Crippen LogP contribution in [0.25, 0.3) is 0 Å². The molecule has 0 atom stereocenters. The average Bonchev–Trinajstić information content (AvgIpc) is 2.60. The number of nitrogens with zero attached hydrogens (tertiary/aromatic N) is 1. The molecule has 0 heterocycles. The molecule has 128 valence electrons. The van der Waals surface area contributed by atoms with Crippen molar-refractivity contribution in [3.63, 3.8) is 0 Å². The lowest BCUT2D eigenvalue weighted by molar-refractivity contribution is -0.119. The van der Waals surface area contributed by atoms with Gasteiger partial charge in [0.15, 0.2) is 0 Å². The van der Waals surface area contributed by atoms with Crippen LogP contribution in [0.2, 0.25) is 5.02 Å². The lowest BCUT2D eigenvalue weighted by atomic mass is 10.3. The van der Waals surface area contributed by atoms with E-state index in [4.69, 9.17) is 16.3 Å². The Labute approximate surface area is 146 Å². The molecule has 8 heteroatoms. The highest BCUT2D eigenvalue weighted by Gasteiger charge is 2.26. The number of likely N-dealkylation sites (N-methyl/N-ethyl adjacent to an activating group) is 1. The summed E-state index contributed by atoms with van der Waals surface area (Å²) in [5.41, 5.74) is 0.346. The Balaban J connectivity index is 2.47. The van der Waals surface area contributed by atoms with E-state index in [1.807, 2.05) is 0 Å². The summed E-state index contributed by atoms with van der Waals surface area (Å²) in [5, 5.41) is 2.90. The molecule has 0 aliphatic rings. The Morgan fingerprint density at radius 2 is 1.71 bits per heavy atom. The third-order valence-electron chi connectivity index (χ3n) is 3.33. The van der Waals surface area contributed by atoms with Gasteiger partial charge >= 0.3 is 0 Å². The molecule has 6 nitrogen and oxygen atoms in total. The van der Waals surface area contributed by atoms with Crippen LogP contribution in [0, 0.1) is 0 Å². The van der Waals surface area contributed by atoms with Crippen LogP contribution in [0.4, 0.5) is 5.69 Å². The van der Waals surface area contributed by atoms with E-state index in [2.05, 4.69) is 5.32 Å². The summed E-state index contributed by atoms with van der Waals surface area (Å²) in [5.74, 6) is 0.111. The van der Waals surface area contributed by atoms with Crippen molar-refractivity contribution in [3.05, 3.63) is 53.6 Å². The third-order valence-corrected chi connectivity index (χ3v) is 5.37. The summed E-state index contributed by atoms with van der Waals surface area (Å²) >= 11 is 5.85. The van der Waals surface area contributed by atoms with E-state index in [1.165, 1.54) is 26.3 Å². The molecule has 0 aliphatic heterocycles. The van der Waals surface area contributed by atoms with Crippen molar-refractivity contribution in [2.75, 3.05) is 25.0 Å². The topological polar surface area (TPSA) is 75.7 Å². The third kappa shape index (κ3) is 3.98. The standard InChI is InChI=1S/C16H17ClN2O4S/c1-18-16(20)11-19(13-5-3-12(17)4-6-13)24(21,22)15-9-7-14(23-2)8-10-15/h3-10H,11H2,1-2H3,(H,18,20). The number of amides is 1. The highest BCUT2D eigenvalue weighted by molar-refractivity contribution is 7.92. The van der Waals surface area contributed by atoms with Gasteiger partial charge in [0.1, 0.15) is 12.3 Å². The lowest BCUT2D eigenvalue weighted by Gasteiger charge is -2.24. The highest BCUT2D eigenvalue weighted by atomic mass is 35.5. The smallest absolute Gasteiger partial charge is 0.264 e. The van der Waals surface area contributed by atoms with Crippen molar-refractivity contribution in [2.45, 2.75) is 4.90 Å². The monoisotopic (exact) mass is 368 g/mol. The summed E-state index contributed by atoms with van der Waals surface area (Å²) in [6.07, 6.45) is 0. The fraction of sp³-hybridized carbons (Fsp3) is 0.188. The second kappa shape index (κ2) is 7.55. The SMILES string of the molecule is CNC(=O)CN(c1ccc(Cl)cc1)S(=O)(=O)c1ccc(OC)cc1. The second-order valence-electron chi connectivity index (χ2n) is 4.84. The van der Waals surface area contributed by atoms with Gasteiger partial charge in [0.05, 0.1) is 17.7 Å². The maximum atomic E-state index is 12.9. The van der Waals surface area contributed by atoms with E-state index in [0.29, 0.717) is 16.5 Å². The Hall–Kier alpha value is -2.25. The van der Waals surface area contributed by atoms with Crippen LogP contribution in [0.5, 0.6) is 5.75 Å². The van der Waals surface area contributed by atoms with Gasteiger partial charge in [0.25, 0.3) is 10.0 Å². The van der Waals surface area contributed by atoms with Crippen LogP contribution in [-0.2, 0) is 14.8 Å². The number of rotatable bonds is 6. The van der Waals surface area contributed by atoms with Gasteiger partial charge in [-0.05, 0) is 48.5 Å². The van der Waals surface area contributed by atoms with E-state index in [-0.39, 0.29) is 11.4 Å². The number of halogens is 1. The maximum absolute atomic E-state index is 12.9. The number of benzene rings is 2. The number of carbonyl (C=O) groups is 1. The van der Waals surface area contributed by atoms with Crippen LogP contribution in [-0.4, -0.2) is 35.0 Å². The van der Waals surface area contributed by atoms with Crippen LogP contribution in [0.15, 0.2) is 53.4 Å². The molecule has 0 spiro atoms. The van der Waals surface area contributed by atoms with Crippen molar-refractivity contribution in [2.24, 2.45) is 0 Å². The zero-order valence-corrected chi connectivity index (χ0v) is 14.8. The van der Waals surface area contributed by atoms with E-state index >= 15 is 0 Å². The van der Waals surface area contributed by atoms with Gasteiger partial charge in [0.2, 0.25) is 5.91 Å². The van der Waals surface area contributed by atoms with Crippen LogP contribution in [0.3, 0.4) is 0 Å². The molecular weight excluding hydrogens is 352 g/mol. The molecule has 1 N–H and O–H groups in total. The Kier molecular flexibility index (Phi) is 5.69. The normalized spacial score (nSPS) is 11.0. The highest BCUT2D eigenvalue weighted by Crippen LogP contribution is 2.26. The number of anilines is 1. The zero-order chi connectivity index (χ0) is 17.7. The quantitative estimate of drug-likeness (QED) is 0.848. The lowest BCUT2D eigenvalue weighted by Crippen LogP contribution is -2.39. The molecule has 0 saturated carbocycles.